The molecule has 0 aliphatic carbocycles. The number of thiocarbonyl (C=S) groups is 1. The number of amides is 1. The molecular formula is C31H26N4O6S. The molecule has 2 aliphatic heterocycles. The van der Waals surface area contributed by atoms with Crippen LogP contribution in [0.4, 0.5) is 0 Å². The molecule has 0 bridgehead atoms. The summed E-state index contributed by atoms with van der Waals surface area (Å²) in [6.45, 7) is 1.36. The van der Waals surface area contributed by atoms with Crippen LogP contribution in [-0.2, 0) is 49.0 Å². The van der Waals surface area contributed by atoms with Crippen LogP contribution in [0.25, 0.3) is 22.3 Å². The van der Waals surface area contributed by atoms with Crippen LogP contribution in [0.3, 0.4) is 0 Å². The lowest BCUT2D eigenvalue weighted by molar-refractivity contribution is -0.188. The van der Waals surface area contributed by atoms with Gasteiger partial charge in [0.05, 0.1) is 35.4 Å². The normalized spacial score (nSPS) is 16.5. The Bertz CT molecular complexity index is 1840. The molecule has 2 aliphatic rings. The van der Waals surface area contributed by atoms with Gasteiger partial charge in [-0.1, -0.05) is 55.5 Å². The van der Waals surface area contributed by atoms with Gasteiger partial charge in [0.1, 0.15) is 13.2 Å². The van der Waals surface area contributed by atoms with Crippen LogP contribution in [0.1, 0.15) is 35.6 Å². The molecular weight excluding hydrogens is 556 g/mol. The summed E-state index contributed by atoms with van der Waals surface area (Å²) in [4.78, 5) is 57.0. The molecule has 11 heteroatoms. The van der Waals surface area contributed by atoms with Gasteiger partial charge >= 0.3 is 11.9 Å². The van der Waals surface area contributed by atoms with E-state index in [-0.39, 0.29) is 47.2 Å². The number of benzene rings is 2. The van der Waals surface area contributed by atoms with Crippen molar-refractivity contribution in [1.29, 1.82) is 0 Å². The van der Waals surface area contributed by atoms with E-state index in [1.165, 1.54) is 0 Å². The molecule has 1 amide bonds. The maximum absolute atomic E-state index is 13.6. The van der Waals surface area contributed by atoms with Crippen LogP contribution in [0.5, 0.6) is 0 Å². The number of fused-ring (bicyclic) bond motifs is 5. The molecule has 2 aromatic heterocycles. The van der Waals surface area contributed by atoms with E-state index in [0.717, 1.165) is 22.0 Å². The molecule has 4 heterocycles. The molecule has 0 saturated heterocycles. The van der Waals surface area contributed by atoms with Crippen LogP contribution in [0, 0.1) is 0 Å². The average Bonchev–Trinajstić information content (AvgIpc) is 3.34. The maximum Gasteiger partial charge on any atom is 0.355 e. The number of carbonyl (C=O) groups is 3. The number of rotatable bonds is 6. The first-order valence-electron chi connectivity index (χ1n) is 13.5. The maximum atomic E-state index is 13.6. The van der Waals surface area contributed by atoms with Gasteiger partial charge in [0.15, 0.2) is 5.11 Å². The second kappa shape index (κ2) is 10.8. The Morgan fingerprint density at radius 1 is 1.10 bits per heavy atom. The number of nitrogens with one attached hydrogen (secondary N) is 2. The number of cyclic esters (lactones) is 1. The van der Waals surface area contributed by atoms with Gasteiger partial charge in [0.2, 0.25) is 11.5 Å². The second-order valence-electron chi connectivity index (χ2n) is 10.1. The Hall–Kier alpha value is -4.90. The van der Waals surface area contributed by atoms with Gasteiger partial charge in [-0.3, -0.25) is 14.4 Å². The predicted octanol–water partition coefficient (Wildman–Crippen LogP) is 2.86. The van der Waals surface area contributed by atoms with Crippen molar-refractivity contribution in [2.45, 2.75) is 38.5 Å². The van der Waals surface area contributed by atoms with Crippen molar-refractivity contribution < 1.29 is 23.9 Å². The lowest BCUT2D eigenvalue weighted by Gasteiger charge is -2.35. The van der Waals surface area contributed by atoms with Gasteiger partial charge in [0.25, 0.3) is 5.56 Å². The minimum absolute atomic E-state index is 0.0315. The number of pyridine rings is 2. The summed E-state index contributed by atoms with van der Waals surface area (Å²) in [6, 6.07) is 20.5. The number of carbonyl (C=O) groups excluding carboxylic acids is 3. The number of hydrogen-bond acceptors (Lipinski definition) is 8. The summed E-state index contributed by atoms with van der Waals surface area (Å²) in [5.74, 6) is -1.93. The molecule has 212 valence electrons. The van der Waals surface area contributed by atoms with Crippen molar-refractivity contribution in [3.05, 3.63) is 99.3 Å². The molecule has 0 saturated carbocycles. The third-order valence-electron chi connectivity index (χ3n) is 7.53. The zero-order valence-corrected chi connectivity index (χ0v) is 23.5. The second-order valence-corrected chi connectivity index (χ2v) is 10.5. The highest BCUT2D eigenvalue weighted by atomic mass is 32.1. The lowest BCUT2D eigenvalue weighted by Crippen LogP contribution is -2.49. The summed E-state index contributed by atoms with van der Waals surface area (Å²) >= 11 is 5.16. The van der Waals surface area contributed by atoms with Crippen molar-refractivity contribution in [3.8, 4) is 11.4 Å². The fourth-order valence-electron chi connectivity index (χ4n) is 5.46. The van der Waals surface area contributed by atoms with E-state index in [0.29, 0.717) is 17.9 Å². The zero-order chi connectivity index (χ0) is 29.4. The van der Waals surface area contributed by atoms with Crippen molar-refractivity contribution in [3.63, 3.8) is 0 Å². The van der Waals surface area contributed by atoms with E-state index in [1.54, 1.807) is 17.6 Å². The molecule has 42 heavy (non-hydrogen) atoms. The Morgan fingerprint density at radius 3 is 2.64 bits per heavy atom. The molecule has 1 atom stereocenters. The number of para-hydroxylation sites is 1. The third kappa shape index (κ3) is 4.81. The first-order chi connectivity index (χ1) is 20.3. The summed E-state index contributed by atoms with van der Waals surface area (Å²) in [5, 5.41) is 6.07. The van der Waals surface area contributed by atoms with Gasteiger partial charge in [-0.05, 0) is 42.4 Å². The smallest absolute Gasteiger partial charge is 0.355 e. The number of ether oxygens (including phenoxy) is 2. The summed E-state index contributed by atoms with van der Waals surface area (Å²) in [7, 11) is 0. The first-order valence-corrected chi connectivity index (χ1v) is 13.9. The minimum atomic E-state index is -1.83. The van der Waals surface area contributed by atoms with E-state index in [1.807, 2.05) is 60.7 Å². The Labute approximate surface area is 245 Å². The standard InChI is InChI=1S/C31H26N4O6S/c1-2-31(41-26(37)15-32-30(42)34-25(36)12-18-8-4-3-5-9-18)22-14-24-27-20(13-19-10-6-7-11-23(19)33-27)16-35(24)28(38)21(22)17-40-29(31)39/h3-11,13-14H,2,12,15-17H2,1H3,(H2,32,34,36,42)/t31-/m0/s1. The van der Waals surface area contributed by atoms with Crippen LogP contribution < -0.4 is 16.2 Å². The van der Waals surface area contributed by atoms with Gasteiger partial charge in [-0.15, -0.1) is 0 Å². The fraction of sp³-hybridized carbons (Fsp3) is 0.226. The van der Waals surface area contributed by atoms with Crippen LogP contribution in [-0.4, -0.2) is 39.1 Å². The Balaban J connectivity index is 1.23. The van der Waals surface area contributed by atoms with Crippen molar-refractivity contribution in [2.75, 3.05) is 6.54 Å². The number of aromatic nitrogens is 2. The fourth-order valence-corrected chi connectivity index (χ4v) is 5.65. The molecule has 4 aromatic rings. The molecule has 6 rings (SSSR count). The topological polar surface area (TPSA) is 129 Å². The molecule has 2 N–H and O–H groups in total. The molecule has 0 unspecified atom stereocenters. The van der Waals surface area contributed by atoms with E-state index in [9.17, 15) is 19.2 Å². The number of nitrogens with zero attached hydrogens (tertiary/aromatic N) is 2. The van der Waals surface area contributed by atoms with Gasteiger partial charge < -0.3 is 24.7 Å². The van der Waals surface area contributed by atoms with E-state index < -0.39 is 24.1 Å². The van der Waals surface area contributed by atoms with Crippen molar-refractivity contribution in [1.82, 2.24) is 20.2 Å². The quantitative estimate of drug-likeness (QED) is 0.229. The van der Waals surface area contributed by atoms with E-state index >= 15 is 0 Å². The molecule has 2 aromatic carbocycles. The zero-order valence-electron chi connectivity index (χ0n) is 22.6. The van der Waals surface area contributed by atoms with Gasteiger partial charge in [-0.2, -0.15) is 0 Å². The van der Waals surface area contributed by atoms with E-state index in [2.05, 4.69) is 10.6 Å². The Kier molecular flexibility index (Phi) is 7.03. The van der Waals surface area contributed by atoms with E-state index in [4.69, 9.17) is 26.7 Å². The average molecular weight is 583 g/mol. The van der Waals surface area contributed by atoms with Crippen LogP contribution in [0.2, 0.25) is 0 Å². The SMILES string of the molecule is CC[C@@]1(OC(=O)CNC(=S)NC(=O)Cc2ccccc2)C(=O)OCc2c1cc1n(c2=O)Cc2cc3ccccc3nc2-1. The van der Waals surface area contributed by atoms with Crippen LogP contribution in [0.15, 0.2) is 71.5 Å². The number of hydrogen-bond donors (Lipinski definition) is 2. The first kappa shape index (κ1) is 27.3. The van der Waals surface area contributed by atoms with Gasteiger partial charge in [0, 0.05) is 16.5 Å². The molecule has 0 fully saturated rings. The Morgan fingerprint density at radius 2 is 1.86 bits per heavy atom. The highest BCUT2D eigenvalue weighted by Crippen LogP contribution is 2.40. The van der Waals surface area contributed by atoms with Crippen LogP contribution >= 0.6 is 12.2 Å². The largest absolute Gasteiger partial charge is 0.457 e. The van der Waals surface area contributed by atoms with Gasteiger partial charge in [-0.25, -0.2) is 9.78 Å². The monoisotopic (exact) mass is 582 g/mol. The molecule has 0 radical (unpaired) electrons. The summed E-state index contributed by atoms with van der Waals surface area (Å²) < 4.78 is 12.8. The molecule has 0 spiro atoms. The van der Waals surface area contributed by atoms with Crippen molar-refractivity contribution >= 4 is 46.1 Å². The highest BCUT2D eigenvalue weighted by molar-refractivity contribution is 7.80. The third-order valence-corrected chi connectivity index (χ3v) is 7.77. The summed E-state index contributed by atoms with van der Waals surface area (Å²) in [5.41, 5.74) is 2.03. The molecule has 10 nitrogen and oxygen atoms in total. The van der Waals surface area contributed by atoms with Crippen molar-refractivity contribution in [2.24, 2.45) is 0 Å². The minimum Gasteiger partial charge on any atom is -0.457 e. The lowest BCUT2D eigenvalue weighted by atomic mass is 9.85. The number of esters is 2. The highest BCUT2D eigenvalue weighted by Gasteiger charge is 2.50. The summed E-state index contributed by atoms with van der Waals surface area (Å²) in [6.07, 6.45) is 0.145. The predicted molar refractivity (Wildman–Crippen MR) is 157 cm³/mol.